The Bertz CT molecular complexity index is 3030. The lowest BCUT2D eigenvalue weighted by Crippen LogP contribution is -2.17. The van der Waals surface area contributed by atoms with E-state index >= 15 is 0 Å². The Labute approximate surface area is 365 Å². The van der Waals surface area contributed by atoms with Gasteiger partial charge in [-0.25, -0.2) is 48.7 Å². The molecule has 0 fully saturated rings. The van der Waals surface area contributed by atoms with Gasteiger partial charge in [0.1, 0.15) is 50.8 Å². The molecule has 10 aromatic rings. The maximum Gasteiger partial charge on any atom is 0.185 e. The number of imidazole rings is 2. The van der Waals surface area contributed by atoms with Crippen LogP contribution in [0.4, 0.5) is 20.4 Å². The standard InChI is InChI=1S/C21H19FN8S.C13H13FN6S.C8H6N2O/c22-13-4-3-8-24-16(13)10-25-20-19-21(27-12-26-20)31-18(30-19)7-9-23-11-17-28-14-5-1-2-6-15(14)29-17;14-8-2-1-5-16-9(8)6-17-12-11-13(19-7-18-12)21-10(20-11)3-4-15;11-5-8-9-6-3-1-2-4-7(6)10-8/h1-6,8,12,23H,7,9-11H2,(H,28,29)(H,25,26,27);1-2,5,7H,3-4,6,15H2,(H,17,18,19);1-5H,(H,9,10). The molecule has 63 heavy (non-hydrogen) atoms. The van der Waals surface area contributed by atoms with Crippen LogP contribution in [0.1, 0.15) is 37.8 Å². The van der Waals surface area contributed by atoms with E-state index in [1.807, 2.05) is 48.5 Å². The van der Waals surface area contributed by atoms with Crippen LogP contribution in [-0.4, -0.2) is 79.2 Å². The Morgan fingerprint density at radius 3 is 1.71 bits per heavy atom. The molecule has 8 aromatic heterocycles. The SMILES string of the molecule is Fc1cccnc1CNc1ncnc2sc(CCNCc3nc4ccccc4[nH]3)nc12.NCCc1nc2c(NCc3ncccc3F)ncnc2s1.O=Cc1nc2ccccc2[nH]1. The fraction of sp³-hybridized carbons (Fsp3) is 0.167. The normalized spacial score (nSPS) is 11.0. The number of halogens is 2. The number of H-pyrrole nitrogens is 2. The van der Waals surface area contributed by atoms with Crippen LogP contribution in [0.2, 0.25) is 0 Å². The van der Waals surface area contributed by atoms with E-state index in [0.717, 1.165) is 60.5 Å². The second kappa shape index (κ2) is 20.5. The van der Waals surface area contributed by atoms with E-state index in [9.17, 15) is 13.6 Å². The number of carbonyl (C=O) groups is 1. The summed E-state index contributed by atoms with van der Waals surface area (Å²) < 4.78 is 27.4. The number of nitrogens with zero attached hydrogens (tertiary/aromatic N) is 10. The maximum atomic E-state index is 13.8. The topological polar surface area (TPSA) is 240 Å². The largest absolute Gasteiger partial charge is 0.362 e. The van der Waals surface area contributed by atoms with E-state index in [4.69, 9.17) is 5.73 Å². The van der Waals surface area contributed by atoms with Crippen molar-refractivity contribution in [1.29, 1.82) is 0 Å². The summed E-state index contributed by atoms with van der Waals surface area (Å²) in [7, 11) is 0. The van der Waals surface area contributed by atoms with E-state index < -0.39 is 0 Å². The summed E-state index contributed by atoms with van der Waals surface area (Å²) in [4.78, 5) is 60.8. The summed E-state index contributed by atoms with van der Waals surface area (Å²) in [5.74, 6) is 1.74. The molecule has 0 aliphatic carbocycles. The molecule has 318 valence electrons. The highest BCUT2D eigenvalue weighted by molar-refractivity contribution is 7.18. The first-order chi connectivity index (χ1) is 30.9. The Morgan fingerprint density at radius 1 is 0.619 bits per heavy atom. The molecule has 10 rings (SSSR count). The van der Waals surface area contributed by atoms with Gasteiger partial charge < -0.3 is 31.7 Å². The number of pyridine rings is 2. The number of hydrogen-bond donors (Lipinski definition) is 6. The van der Waals surface area contributed by atoms with Crippen molar-refractivity contribution in [3.63, 3.8) is 0 Å². The Balaban J connectivity index is 0.000000146. The highest BCUT2D eigenvalue weighted by atomic mass is 32.1. The first-order valence-corrected chi connectivity index (χ1v) is 21.2. The minimum atomic E-state index is -0.352. The van der Waals surface area contributed by atoms with Gasteiger partial charge in [0.05, 0.1) is 63.1 Å². The fourth-order valence-corrected chi connectivity index (χ4v) is 7.96. The third-order valence-corrected chi connectivity index (χ3v) is 11.2. The molecule has 0 aliphatic heterocycles. The van der Waals surface area contributed by atoms with Crippen molar-refractivity contribution >= 4 is 83.4 Å². The molecule has 0 atom stereocenters. The van der Waals surface area contributed by atoms with Gasteiger partial charge in [-0.3, -0.25) is 14.8 Å². The maximum absolute atomic E-state index is 13.8. The number of thiazole rings is 2. The molecule has 0 aliphatic rings. The molecule has 0 saturated heterocycles. The number of nitrogens with two attached hydrogens (primary N) is 1. The van der Waals surface area contributed by atoms with Gasteiger partial charge in [-0.05, 0) is 55.1 Å². The molecule has 8 heterocycles. The Kier molecular flexibility index (Phi) is 13.8. The van der Waals surface area contributed by atoms with Crippen molar-refractivity contribution in [3.05, 3.63) is 143 Å². The zero-order valence-electron chi connectivity index (χ0n) is 33.3. The number of para-hydroxylation sites is 4. The van der Waals surface area contributed by atoms with Crippen LogP contribution >= 0.6 is 22.7 Å². The molecule has 0 radical (unpaired) electrons. The summed E-state index contributed by atoms with van der Waals surface area (Å²) >= 11 is 3.02. The summed E-state index contributed by atoms with van der Waals surface area (Å²) in [5.41, 5.74) is 11.3. The van der Waals surface area contributed by atoms with Crippen molar-refractivity contribution in [2.75, 3.05) is 23.7 Å². The molecular weight excluding hydrogens is 847 g/mol. The third kappa shape index (κ3) is 10.8. The van der Waals surface area contributed by atoms with Gasteiger partial charge in [0.25, 0.3) is 0 Å². The average molecular weight is 885 g/mol. The van der Waals surface area contributed by atoms with Crippen molar-refractivity contribution in [2.45, 2.75) is 32.5 Å². The van der Waals surface area contributed by atoms with Gasteiger partial charge in [-0.15, -0.1) is 0 Å². The van der Waals surface area contributed by atoms with Gasteiger partial charge in [0, 0.05) is 31.8 Å². The molecule has 0 bridgehead atoms. The highest BCUT2D eigenvalue weighted by Crippen LogP contribution is 2.26. The summed E-state index contributed by atoms with van der Waals surface area (Å²) in [6.45, 7) is 2.41. The van der Waals surface area contributed by atoms with Crippen molar-refractivity contribution in [3.8, 4) is 0 Å². The average Bonchev–Trinajstić information content (AvgIpc) is 4.12. The van der Waals surface area contributed by atoms with Crippen LogP contribution in [0.15, 0.2) is 97.8 Å². The number of benzene rings is 2. The second-order valence-electron chi connectivity index (χ2n) is 13.5. The van der Waals surface area contributed by atoms with Crippen LogP contribution in [0.3, 0.4) is 0 Å². The number of aromatic nitrogens is 12. The van der Waals surface area contributed by atoms with E-state index in [1.54, 1.807) is 24.5 Å². The predicted octanol–water partition coefficient (Wildman–Crippen LogP) is 6.55. The van der Waals surface area contributed by atoms with E-state index in [0.29, 0.717) is 65.7 Å². The molecule has 0 unspecified atom stereocenters. The number of carbonyl (C=O) groups excluding carboxylic acids is 1. The van der Waals surface area contributed by atoms with Crippen LogP contribution in [0, 0.1) is 11.6 Å². The molecule has 2 aromatic carbocycles. The van der Waals surface area contributed by atoms with E-state index in [1.165, 1.54) is 47.5 Å². The molecule has 0 amide bonds. The first kappa shape index (κ1) is 42.4. The summed E-state index contributed by atoms with van der Waals surface area (Å²) in [5, 5.41) is 11.5. The molecule has 0 spiro atoms. The first-order valence-electron chi connectivity index (χ1n) is 19.6. The van der Waals surface area contributed by atoms with Gasteiger partial charge in [0.15, 0.2) is 23.7 Å². The Morgan fingerprint density at radius 2 is 1.17 bits per heavy atom. The zero-order chi connectivity index (χ0) is 43.4. The van der Waals surface area contributed by atoms with Gasteiger partial charge in [0.2, 0.25) is 0 Å². The summed E-state index contributed by atoms with van der Waals surface area (Å²) in [6, 6.07) is 21.4. The fourth-order valence-electron chi connectivity index (χ4n) is 6.14. The lowest BCUT2D eigenvalue weighted by atomic mass is 10.3. The van der Waals surface area contributed by atoms with Crippen LogP contribution in [0.5, 0.6) is 0 Å². The molecule has 7 N–H and O–H groups in total. The smallest absolute Gasteiger partial charge is 0.185 e. The van der Waals surface area contributed by atoms with Gasteiger partial charge >= 0.3 is 0 Å². The van der Waals surface area contributed by atoms with Crippen molar-refractivity contribution in [1.82, 2.24) is 65.1 Å². The number of aldehydes is 1. The molecule has 0 saturated carbocycles. The minimum absolute atomic E-state index is 0.227. The van der Waals surface area contributed by atoms with E-state index in [2.05, 4.69) is 75.8 Å². The van der Waals surface area contributed by atoms with Gasteiger partial charge in [-0.2, -0.15) is 0 Å². The second-order valence-corrected chi connectivity index (χ2v) is 15.6. The number of fused-ring (bicyclic) bond motifs is 4. The number of hydrogen-bond acceptors (Lipinski definition) is 17. The number of nitrogens with one attached hydrogen (secondary N) is 5. The van der Waals surface area contributed by atoms with E-state index in [-0.39, 0.29) is 24.7 Å². The lowest BCUT2D eigenvalue weighted by Gasteiger charge is -2.05. The van der Waals surface area contributed by atoms with Crippen molar-refractivity contribution in [2.24, 2.45) is 5.73 Å². The quantitative estimate of drug-likeness (QED) is 0.0501. The third-order valence-electron chi connectivity index (χ3n) is 9.12. The molecule has 21 heteroatoms. The van der Waals surface area contributed by atoms with Crippen LogP contribution in [-0.2, 0) is 32.5 Å². The number of anilines is 2. The molecular formula is C42H38F2N16OS2. The Hall–Kier alpha value is -7.33. The van der Waals surface area contributed by atoms with Crippen molar-refractivity contribution < 1.29 is 13.6 Å². The van der Waals surface area contributed by atoms with Crippen LogP contribution in [0.25, 0.3) is 42.8 Å². The molecule has 17 nitrogen and oxygen atoms in total. The predicted molar refractivity (Wildman–Crippen MR) is 239 cm³/mol. The highest BCUT2D eigenvalue weighted by Gasteiger charge is 2.13. The zero-order valence-corrected chi connectivity index (χ0v) is 34.9. The van der Waals surface area contributed by atoms with Crippen LogP contribution < -0.4 is 21.7 Å². The monoisotopic (exact) mass is 884 g/mol. The lowest BCUT2D eigenvalue weighted by molar-refractivity contribution is 0.111. The minimum Gasteiger partial charge on any atom is -0.362 e. The summed E-state index contributed by atoms with van der Waals surface area (Å²) in [6.07, 6.45) is 8.24. The number of aromatic amines is 2. The van der Waals surface area contributed by atoms with Gasteiger partial charge in [-0.1, -0.05) is 46.9 Å². The number of rotatable bonds is 14.